The van der Waals surface area contributed by atoms with Crippen LogP contribution in [0, 0.1) is 17.8 Å². The lowest BCUT2D eigenvalue weighted by molar-refractivity contribution is -0.138. The van der Waals surface area contributed by atoms with E-state index in [2.05, 4.69) is 21.9 Å². The zero-order valence-corrected chi connectivity index (χ0v) is 15.3. The summed E-state index contributed by atoms with van der Waals surface area (Å²) in [6.45, 7) is 4.58. The van der Waals surface area contributed by atoms with Gasteiger partial charge in [-0.15, -0.1) is 0 Å². The van der Waals surface area contributed by atoms with Gasteiger partial charge in [0.2, 0.25) is 5.91 Å². The summed E-state index contributed by atoms with van der Waals surface area (Å²) in [7, 11) is 1.73. The number of fused-ring (bicyclic) bond motifs is 1. The van der Waals surface area contributed by atoms with Gasteiger partial charge in [-0.3, -0.25) is 9.69 Å². The molecular weight excluding hydrogens is 312 g/mol. The van der Waals surface area contributed by atoms with Crippen molar-refractivity contribution in [2.75, 3.05) is 33.3 Å². The van der Waals surface area contributed by atoms with E-state index < -0.39 is 0 Å². The maximum Gasteiger partial charge on any atom is 0.226 e. The molecule has 1 aromatic rings. The van der Waals surface area contributed by atoms with Crippen molar-refractivity contribution in [1.29, 1.82) is 0 Å². The van der Waals surface area contributed by atoms with Gasteiger partial charge in [0.15, 0.2) is 0 Å². The van der Waals surface area contributed by atoms with E-state index in [1.807, 2.05) is 12.1 Å². The molecule has 3 fully saturated rings. The molecule has 2 aliphatic carbocycles. The number of piperazine rings is 1. The van der Waals surface area contributed by atoms with Gasteiger partial charge in [0, 0.05) is 44.2 Å². The Labute approximate surface area is 151 Å². The standard InChI is InChI=1S/C21H30N2O2/c1-25-20-8-3-2-5-17(20)15-22-11-13-23(14-12-22)21(24)19-10-9-16-6-4-7-18(16)19/h2-3,5,8,16,18-19H,4,6-7,9-15H2,1H3/t16-,18-,19-/m0/s1. The molecule has 3 aliphatic rings. The lowest BCUT2D eigenvalue weighted by Gasteiger charge is -2.37. The summed E-state index contributed by atoms with van der Waals surface area (Å²) in [6, 6.07) is 8.23. The van der Waals surface area contributed by atoms with Gasteiger partial charge in [0.1, 0.15) is 5.75 Å². The minimum Gasteiger partial charge on any atom is -0.496 e. The summed E-state index contributed by atoms with van der Waals surface area (Å²) in [4.78, 5) is 17.6. The third-order valence-corrected chi connectivity index (χ3v) is 6.67. The molecule has 1 aliphatic heterocycles. The molecule has 1 saturated heterocycles. The van der Waals surface area contributed by atoms with Crippen LogP contribution in [0.3, 0.4) is 0 Å². The van der Waals surface area contributed by atoms with Crippen molar-refractivity contribution in [2.24, 2.45) is 17.8 Å². The fourth-order valence-corrected chi connectivity index (χ4v) is 5.30. The predicted octanol–water partition coefficient (Wildman–Crippen LogP) is 3.17. The SMILES string of the molecule is COc1ccccc1CN1CCN(C(=O)[C@H]2CC[C@@H]3CCC[C@@H]32)CC1. The van der Waals surface area contributed by atoms with Crippen LogP contribution in [0.15, 0.2) is 24.3 Å². The van der Waals surface area contributed by atoms with E-state index in [9.17, 15) is 4.79 Å². The van der Waals surface area contributed by atoms with E-state index in [1.54, 1.807) is 7.11 Å². The first-order valence-electron chi connectivity index (χ1n) is 9.89. The maximum absolute atomic E-state index is 13.0. The van der Waals surface area contributed by atoms with Crippen molar-refractivity contribution >= 4 is 5.91 Å². The highest BCUT2D eigenvalue weighted by Crippen LogP contribution is 2.48. The Hall–Kier alpha value is -1.55. The molecule has 1 heterocycles. The molecule has 0 aromatic heterocycles. The third kappa shape index (κ3) is 3.41. The zero-order chi connectivity index (χ0) is 17.2. The number of hydrogen-bond acceptors (Lipinski definition) is 3. The van der Waals surface area contributed by atoms with Crippen LogP contribution in [-0.4, -0.2) is 49.0 Å². The number of para-hydroxylation sites is 1. The van der Waals surface area contributed by atoms with Crippen molar-refractivity contribution < 1.29 is 9.53 Å². The Morgan fingerprint density at radius 2 is 1.88 bits per heavy atom. The summed E-state index contributed by atoms with van der Waals surface area (Å²) in [6.07, 6.45) is 6.41. The molecule has 0 bridgehead atoms. The van der Waals surface area contributed by atoms with Crippen LogP contribution in [0.2, 0.25) is 0 Å². The Bertz CT molecular complexity index is 610. The minimum absolute atomic E-state index is 0.327. The highest BCUT2D eigenvalue weighted by atomic mass is 16.5. The van der Waals surface area contributed by atoms with Crippen molar-refractivity contribution in [1.82, 2.24) is 9.80 Å². The Kier molecular flexibility index (Phi) is 4.98. The second kappa shape index (κ2) is 7.36. The fraction of sp³-hybridized carbons (Fsp3) is 0.667. The Morgan fingerprint density at radius 3 is 2.68 bits per heavy atom. The first kappa shape index (κ1) is 16.9. The quantitative estimate of drug-likeness (QED) is 0.843. The first-order chi connectivity index (χ1) is 12.3. The van der Waals surface area contributed by atoms with Crippen molar-refractivity contribution in [3.63, 3.8) is 0 Å². The number of carbonyl (C=O) groups excluding carboxylic acids is 1. The van der Waals surface area contributed by atoms with Gasteiger partial charge in [-0.05, 0) is 37.2 Å². The van der Waals surface area contributed by atoms with Gasteiger partial charge in [0.05, 0.1) is 7.11 Å². The van der Waals surface area contributed by atoms with Gasteiger partial charge >= 0.3 is 0 Å². The summed E-state index contributed by atoms with van der Waals surface area (Å²) >= 11 is 0. The molecule has 4 nitrogen and oxygen atoms in total. The monoisotopic (exact) mass is 342 g/mol. The first-order valence-corrected chi connectivity index (χ1v) is 9.89. The van der Waals surface area contributed by atoms with Crippen LogP contribution in [0.25, 0.3) is 0 Å². The predicted molar refractivity (Wildman–Crippen MR) is 98.4 cm³/mol. The number of methoxy groups -OCH3 is 1. The highest BCUT2D eigenvalue weighted by Gasteiger charge is 2.44. The van der Waals surface area contributed by atoms with Gasteiger partial charge in [-0.2, -0.15) is 0 Å². The van der Waals surface area contributed by atoms with Crippen LogP contribution in [0.5, 0.6) is 5.75 Å². The van der Waals surface area contributed by atoms with E-state index in [4.69, 9.17) is 4.74 Å². The van der Waals surface area contributed by atoms with E-state index in [1.165, 1.54) is 31.2 Å². The number of amides is 1. The molecular formula is C21H30N2O2. The van der Waals surface area contributed by atoms with Gasteiger partial charge in [-0.1, -0.05) is 31.0 Å². The molecule has 25 heavy (non-hydrogen) atoms. The largest absolute Gasteiger partial charge is 0.496 e. The molecule has 0 N–H and O–H groups in total. The minimum atomic E-state index is 0.327. The van der Waals surface area contributed by atoms with Gasteiger partial charge < -0.3 is 9.64 Å². The average Bonchev–Trinajstić information content (AvgIpc) is 3.26. The smallest absolute Gasteiger partial charge is 0.226 e. The lowest BCUT2D eigenvalue weighted by Crippen LogP contribution is -2.50. The van der Waals surface area contributed by atoms with Gasteiger partial charge in [0.25, 0.3) is 0 Å². The number of ether oxygens (including phenoxy) is 1. The normalized spacial score (nSPS) is 29.6. The number of hydrogen-bond donors (Lipinski definition) is 0. The van der Waals surface area contributed by atoms with Crippen molar-refractivity contribution in [3.8, 4) is 5.75 Å². The highest BCUT2D eigenvalue weighted by molar-refractivity contribution is 5.79. The van der Waals surface area contributed by atoms with Crippen LogP contribution < -0.4 is 4.74 Å². The van der Waals surface area contributed by atoms with E-state index in [-0.39, 0.29) is 0 Å². The summed E-state index contributed by atoms with van der Waals surface area (Å²) in [5.41, 5.74) is 1.23. The van der Waals surface area contributed by atoms with Gasteiger partial charge in [-0.25, -0.2) is 0 Å². The van der Waals surface area contributed by atoms with Crippen LogP contribution in [0.4, 0.5) is 0 Å². The molecule has 0 radical (unpaired) electrons. The zero-order valence-electron chi connectivity index (χ0n) is 15.3. The fourth-order valence-electron chi connectivity index (χ4n) is 5.30. The molecule has 3 atom stereocenters. The molecule has 1 amide bonds. The Morgan fingerprint density at radius 1 is 1.08 bits per heavy atom. The summed E-state index contributed by atoms with van der Waals surface area (Å²) < 4.78 is 5.46. The second-order valence-corrected chi connectivity index (χ2v) is 7.95. The van der Waals surface area contributed by atoms with Crippen LogP contribution >= 0.6 is 0 Å². The summed E-state index contributed by atoms with van der Waals surface area (Å²) in [5.74, 6) is 3.28. The van der Waals surface area contributed by atoms with Crippen LogP contribution in [-0.2, 0) is 11.3 Å². The third-order valence-electron chi connectivity index (χ3n) is 6.67. The topological polar surface area (TPSA) is 32.8 Å². The molecule has 4 heteroatoms. The van der Waals surface area contributed by atoms with E-state index in [0.717, 1.165) is 50.8 Å². The molecule has 136 valence electrons. The number of rotatable bonds is 4. The van der Waals surface area contributed by atoms with Crippen LogP contribution in [0.1, 0.15) is 37.7 Å². The van der Waals surface area contributed by atoms with Crippen molar-refractivity contribution in [3.05, 3.63) is 29.8 Å². The number of nitrogens with zero attached hydrogens (tertiary/aromatic N) is 2. The second-order valence-electron chi connectivity index (χ2n) is 7.95. The maximum atomic E-state index is 13.0. The molecule has 4 rings (SSSR count). The van der Waals surface area contributed by atoms with Crippen molar-refractivity contribution in [2.45, 2.75) is 38.6 Å². The molecule has 0 unspecified atom stereocenters. The number of benzene rings is 1. The number of carbonyl (C=O) groups is 1. The molecule has 1 aromatic carbocycles. The van der Waals surface area contributed by atoms with E-state index in [0.29, 0.717) is 17.7 Å². The average molecular weight is 342 g/mol. The summed E-state index contributed by atoms with van der Waals surface area (Å²) in [5, 5.41) is 0. The Balaban J connectivity index is 1.31. The van der Waals surface area contributed by atoms with E-state index >= 15 is 0 Å². The lowest BCUT2D eigenvalue weighted by atomic mass is 9.91. The molecule has 0 spiro atoms. The molecule has 2 saturated carbocycles.